The second kappa shape index (κ2) is 7.43. The highest BCUT2D eigenvalue weighted by molar-refractivity contribution is 5.67. The molecule has 5 heteroatoms. The lowest BCUT2D eigenvalue weighted by Crippen LogP contribution is -2.46. The Morgan fingerprint density at radius 3 is 2.43 bits per heavy atom. The van der Waals surface area contributed by atoms with Crippen LogP contribution in [0.5, 0.6) is 0 Å². The predicted molar refractivity (Wildman–Crippen MR) is 83.0 cm³/mol. The van der Waals surface area contributed by atoms with Crippen LogP contribution in [-0.4, -0.2) is 47.4 Å². The number of rotatable bonds is 5. The van der Waals surface area contributed by atoms with Crippen LogP contribution in [0.4, 0.5) is 4.79 Å². The van der Waals surface area contributed by atoms with E-state index < -0.39 is 23.8 Å². The summed E-state index contributed by atoms with van der Waals surface area (Å²) in [6.07, 6.45) is -0.708. The summed E-state index contributed by atoms with van der Waals surface area (Å²) in [6, 6.07) is 9.29. The van der Waals surface area contributed by atoms with Gasteiger partial charge >= 0.3 is 6.09 Å². The summed E-state index contributed by atoms with van der Waals surface area (Å²) >= 11 is 0. The van der Waals surface area contributed by atoms with Gasteiger partial charge in [-0.05, 0) is 32.8 Å². The van der Waals surface area contributed by atoms with Gasteiger partial charge in [0.25, 0.3) is 0 Å². The van der Waals surface area contributed by atoms with Crippen LogP contribution in [0, 0.1) is 0 Å². The fraction of sp³-hybridized carbons (Fsp3) is 0.562. The molecule has 1 rings (SSSR count). The number of amides is 1. The van der Waals surface area contributed by atoms with Crippen molar-refractivity contribution in [3.63, 3.8) is 0 Å². The van der Waals surface area contributed by atoms with Crippen LogP contribution in [-0.2, 0) is 11.2 Å². The first-order valence-electron chi connectivity index (χ1n) is 7.11. The summed E-state index contributed by atoms with van der Waals surface area (Å²) in [5.74, 6) is 0. The number of aliphatic hydroxyl groups is 1. The van der Waals surface area contributed by atoms with Gasteiger partial charge in [0, 0.05) is 13.1 Å². The maximum atomic E-state index is 11.8. The van der Waals surface area contributed by atoms with E-state index in [-0.39, 0.29) is 6.54 Å². The standard InChI is InChI=1S/C16H26N2O3/c1-16(2,3)21-15(20)18(4)11-14(19)13(17)10-12-8-6-5-7-9-12/h5-9,13-14,19H,10-11,17H2,1-4H3/t13-,14?/m0/s1. The molecule has 2 atom stereocenters. The quantitative estimate of drug-likeness (QED) is 0.868. The number of hydrogen-bond acceptors (Lipinski definition) is 4. The van der Waals surface area contributed by atoms with Crippen LogP contribution in [0.25, 0.3) is 0 Å². The fourth-order valence-corrected chi connectivity index (χ4v) is 1.85. The van der Waals surface area contributed by atoms with Gasteiger partial charge < -0.3 is 20.5 Å². The van der Waals surface area contributed by atoms with Gasteiger partial charge in [-0.25, -0.2) is 4.79 Å². The van der Waals surface area contributed by atoms with E-state index in [2.05, 4.69) is 0 Å². The molecular weight excluding hydrogens is 268 g/mol. The normalized spacial score (nSPS) is 14.4. The molecule has 0 aliphatic heterocycles. The molecule has 1 amide bonds. The van der Waals surface area contributed by atoms with Gasteiger partial charge in [-0.3, -0.25) is 0 Å². The molecule has 0 aliphatic rings. The molecule has 5 nitrogen and oxygen atoms in total. The molecule has 1 aromatic rings. The van der Waals surface area contributed by atoms with E-state index in [0.29, 0.717) is 6.42 Å². The van der Waals surface area contributed by atoms with Crippen molar-refractivity contribution in [1.29, 1.82) is 0 Å². The van der Waals surface area contributed by atoms with E-state index in [4.69, 9.17) is 10.5 Å². The number of carbonyl (C=O) groups is 1. The zero-order valence-corrected chi connectivity index (χ0v) is 13.2. The number of carbonyl (C=O) groups excluding carboxylic acids is 1. The van der Waals surface area contributed by atoms with Gasteiger partial charge in [0.15, 0.2) is 0 Å². The fourth-order valence-electron chi connectivity index (χ4n) is 1.85. The zero-order chi connectivity index (χ0) is 16.0. The summed E-state index contributed by atoms with van der Waals surface area (Å²) in [5.41, 5.74) is 6.50. The third kappa shape index (κ3) is 6.60. The van der Waals surface area contributed by atoms with Crippen LogP contribution < -0.4 is 5.73 Å². The first-order chi connectivity index (χ1) is 9.69. The van der Waals surface area contributed by atoms with Crippen LogP contribution in [0.3, 0.4) is 0 Å². The van der Waals surface area contributed by atoms with Crippen molar-refractivity contribution in [2.45, 2.75) is 44.9 Å². The Balaban J connectivity index is 2.48. The molecule has 0 saturated heterocycles. The second-order valence-electron chi connectivity index (χ2n) is 6.28. The number of nitrogens with zero attached hydrogens (tertiary/aromatic N) is 1. The van der Waals surface area contributed by atoms with Crippen molar-refractivity contribution in [3.05, 3.63) is 35.9 Å². The Labute approximate surface area is 126 Å². The average molecular weight is 294 g/mol. The van der Waals surface area contributed by atoms with Gasteiger partial charge in [0.1, 0.15) is 5.60 Å². The Bertz CT molecular complexity index is 443. The molecule has 0 radical (unpaired) electrons. The van der Waals surface area contributed by atoms with Crippen LogP contribution in [0.15, 0.2) is 30.3 Å². The van der Waals surface area contributed by atoms with Crippen LogP contribution in [0.1, 0.15) is 26.3 Å². The maximum Gasteiger partial charge on any atom is 0.410 e. The number of hydrogen-bond donors (Lipinski definition) is 2. The summed E-state index contributed by atoms with van der Waals surface area (Å²) < 4.78 is 5.23. The minimum Gasteiger partial charge on any atom is -0.444 e. The topological polar surface area (TPSA) is 75.8 Å². The molecule has 1 aromatic carbocycles. The highest BCUT2D eigenvalue weighted by Crippen LogP contribution is 2.10. The average Bonchev–Trinajstić information content (AvgIpc) is 2.37. The highest BCUT2D eigenvalue weighted by Gasteiger charge is 2.23. The third-order valence-corrected chi connectivity index (χ3v) is 2.97. The van der Waals surface area contributed by atoms with Gasteiger partial charge in [-0.15, -0.1) is 0 Å². The SMILES string of the molecule is CN(CC(O)[C@@H](N)Cc1ccccc1)C(=O)OC(C)(C)C. The molecule has 21 heavy (non-hydrogen) atoms. The molecule has 0 saturated carbocycles. The molecule has 0 aromatic heterocycles. The smallest absolute Gasteiger partial charge is 0.410 e. The Hall–Kier alpha value is -1.59. The first kappa shape index (κ1) is 17.5. The Kier molecular flexibility index (Phi) is 6.18. The van der Waals surface area contributed by atoms with Crippen molar-refractivity contribution >= 4 is 6.09 Å². The van der Waals surface area contributed by atoms with Gasteiger partial charge in [-0.2, -0.15) is 0 Å². The maximum absolute atomic E-state index is 11.8. The minimum atomic E-state index is -0.803. The van der Waals surface area contributed by atoms with E-state index >= 15 is 0 Å². The Morgan fingerprint density at radius 2 is 1.90 bits per heavy atom. The second-order valence-corrected chi connectivity index (χ2v) is 6.28. The lowest BCUT2D eigenvalue weighted by atomic mass is 10.0. The van der Waals surface area contributed by atoms with E-state index in [0.717, 1.165) is 5.56 Å². The van der Waals surface area contributed by atoms with Gasteiger partial charge in [0.2, 0.25) is 0 Å². The van der Waals surface area contributed by atoms with E-state index in [1.807, 2.05) is 30.3 Å². The van der Waals surface area contributed by atoms with Crippen molar-refractivity contribution in [3.8, 4) is 0 Å². The molecule has 0 bridgehead atoms. The predicted octanol–water partition coefficient (Wildman–Crippen LogP) is 1.78. The highest BCUT2D eigenvalue weighted by atomic mass is 16.6. The molecule has 1 unspecified atom stereocenters. The van der Waals surface area contributed by atoms with Crippen molar-refractivity contribution in [2.75, 3.05) is 13.6 Å². The van der Waals surface area contributed by atoms with E-state index in [9.17, 15) is 9.90 Å². The monoisotopic (exact) mass is 294 g/mol. The summed E-state index contributed by atoms with van der Waals surface area (Å²) in [6.45, 7) is 5.55. The van der Waals surface area contributed by atoms with Gasteiger partial charge in [-0.1, -0.05) is 30.3 Å². The van der Waals surface area contributed by atoms with E-state index in [1.54, 1.807) is 27.8 Å². The molecule has 0 aliphatic carbocycles. The van der Waals surface area contributed by atoms with Crippen LogP contribution >= 0.6 is 0 Å². The lowest BCUT2D eigenvalue weighted by molar-refractivity contribution is 0.0182. The van der Waals surface area contributed by atoms with Crippen molar-refractivity contribution in [2.24, 2.45) is 5.73 Å². The number of ether oxygens (including phenoxy) is 1. The molecule has 0 spiro atoms. The van der Waals surface area contributed by atoms with Crippen molar-refractivity contribution < 1.29 is 14.6 Å². The largest absolute Gasteiger partial charge is 0.444 e. The minimum absolute atomic E-state index is 0.142. The summed E-state index contributed by atoms with van der Waals surface area (Å²) in [7, 11) is 1.59. The molecule has 0 fully saturated rings. The molecule has 0 heterocycles. The molecule has 3 N–H and O–H groups in total. The first-order valence-corrected chi connectivity index (χ1v) is 7.11. The van der Waals surface area contributed by atoms with E-state index in [1.165, 1.54) is 4.90 Å². The van der Waals surface area contributed by atoms with Crippen molar-refractivity contribution in [1.82, 2.24) is 4.90 Å². The Morgan fingerprint density at radius 1 is 1.33 bits per heavy atom. The summed E-state index contributed by atoms with van der Waals surface area (Å²) in [4.78, 5) is 13.2. The third-order valence-electron chi connectivity index (χ3n) is 2.97. The lowest BCUT2D eigenvalue weighted by Gasteiger charge is -2.27. The molecule has 118 valence electrons. The molecular formula is C16H26N2O3. The van der Waals surface area contributed by atoms with Crippen LogP contribution in [0.2, 0.25) is 0 Å². The number of nitrogens with two attached hydrogens (primary N) is 1. The summed E-state index contributed by atoms with van der Waals surface area (Å²) in [5, 5.41) is 10.1. The number of aliphatic hydroxyl groups excluding tert-OH is 1. The number of benzene rings is 1. The zero-order valence-electron chi connectivity index (χ0n) is 13.2. The number of likely N-dealkylation sites (N-methyl/N-ethyl adjacent to an activating group) is 1. The van der Waals surface area contributed by atoms with Gasteiger partial charge in [0.05, 0.1) is 12.6 Å².